The first-order valence-corrected chi connectivity index (χ1v) is 5.96. The van der Waals surface area contributed by atoms with E-state index >= 15 is 0 Å². The normalized spacial score (nSPS) is 8.94. The van der Waals surface area contributed by atoms with Crippen LogP contribution in [0, 0.1) is 0 Å². The molecule has 1 atom stereocenters. The molecule has 16 heavy (non-hydrogen) atoms. The number of aliphatic hydroxyl groups is 3. The van der Waals surface area contributed by atoms with E-state index in [1.807, 2.05) is 13.8 Å². The molecule has 0 aliphatic rings. The van der Waals surface area contributed by atoms with Crippen LogP contribution in [-0.2, 0) is 0 Å². The predicted octanol–water partition coefficient (Wildman–Crippen LogP) is 1.56. The van der Waals surface area contributed by atoms with Crippen LogP contribution in [0.1, 0.15) is 13.8 Å². The first-order valence-electron chi connectivity index (χ1n) is 4.81. The molecular formula is C11H26O3S2. The summed E-state index contributed by atoms with van der Waals surface area (Å²) in [6, 6.07) is 0. The summed E-state index contributed by atoms with van der Waals surface area (Å²) in [5.74, 6) is 0.639. The second kappa shape index (κ2) is 36.3. The van der Waals surface area contributed by atoms with Crippen molar-refractivity contribution in [3.8, 4) is 0 Å². The minimum atomic E-state index is -0.125. The molecule has 0 saturated carbocycles. The molecule has 0 bridgehead atoms. The van der Waals surface area contributed by atoms with Crippen molar-refractivity contribution in [3.63, 3.8) is 0 Å². The Morgan fingerprint density at radius 2 is 1.31 bits per heavy atom. The third-order valence-electron chi connectivity index (χ3n) is 0.521. The number of rotatable bonds is 3. The van der Waals surface area contributed by atoms with E-state index in [0.29, 0.717) is 5.75 Å². The molecular weight excluding hydrogens is 244 g/mol. The number of hydrogen-bond acceptors (Lipinski definition) is 5. The van der Waals surface area contributed by atoms with Crippen molar-refractivity contribution in [1.29, 1.82) is 0 Å². The van der Waals surface area contributed by atoms with Gasteiger partial charge in [0.15, 0.2) is 0 Å². The van der Waals surface area contributed by atoms with Crippen LogP contribution in [0.3, 0.4) is 0 Å². The van der Waals surface area contributed by atoms with Crippen LogP contribution in [0.25, 0.3) is 0 Å². The zero-order valence-corrected chi connectivity index (χ0v) is 12.0. The van der Waals surface area contributed by atoms with Gasteiger partial charge in [0.05, 0.1) is 19.8 Å². The summed E-state index contributed by atoms with van der Waals surface area (Å²) in [5.41, 5.74) is 0. The van der Waals surface area contributed by atoms with Gasteiger partial charge >= 0.3 is 0 Å². The Kier molecular flexibility index (Phi) is 56.8. The molecule has 0 aromatic heterocycles. The third kappa shape index (κ3) is 93.7. The quantitative estimate of drug-likeness (QED) is 0.400. The van der Waals surface area contributed by atoms with Gasteiger partial charge in [-0.05, 0) is 13.8 Å². The first-order chi connectivity index (χ1) is 7.55. The summed E-state index contributed by atoms with van der Waals surface area (Å²) in [5, 5.41) is 23.5. The van der Waals surface area contributed by atoms with E-state index in [9.17, 15) is 0 Å². The minimum absolute atomic E-state index is 0.0494. The monoisotopic (exact) mass is 270 g/mol. The Morgan fingerprint density at radius 1 is 1.06 bits per heavy atom. The van der Waals surface area contributed by atoms with Gasteiger partial charge in [0.25, 0.3) is 0 Å². The maximum atomic E-state index is 8.21. The standard InChI is InChI=1S/C3H8OS2.2C3H6.C2H6O2/c4-1-3(6)2-5;2*1-3-2;3-1-2-4/h3-6H,1-2H2;2*3H,1H2,2H3;3-4H,1-2H2. The highest BCUT2D eigenvalue weighted by molar-refractivity contribution is 7.84. The zero-order chi connectivity index (χ0) is 13.8. The van der Waals surface area contributed by atoms with Gasteiger partial charge in [0.2, 0.25) is 0 Å². The molecule has 0 saturated heterocycles. The molecule has 1 unspecified atom stereocenters. The Bertz CT molecular complexity index is 99.4. The summed E-state index contributed by atoms with van der Waals surface area (Å²) < 4.78 is 0. The second-order valence-electron chi connectivity index (χ2n) is 2.28. The highest BCUT2D eigenvalue weighted by Gasteiger charge is 1.92. The summed E-state index contributed by atoms with van der Waals surface area (Å²) in [7, 11) is 0. The maximum absolute atomic E-state index is 8.21. The van der Waals surface area contributed by atoms with Gasteiger partial charge in [0, 0.05) is 11.0 Å². The van der Waals surface area contributed by atoms with E-state index in [2.05, 4.69) is 38.4 Å². The molecule has 5 heteroatoms. The van der Waals surface area contributed by atoms with Crippen molar-refractivity contribution < 1.29 is 15.3 Å². The second-order valence-corrected chi connectivity index (χ2v) is 3.38. The van der Waals surface area contributed by atoms with Crippen molar-refractivity contribution in [3.05, 3.63) is 25.3 Å². The van der Waals surface area contributed by atoms with E-state index in [0.717, 1.165) is 0 Å². The molecule has 0 fully saturated rings. The van der Waals surface area contributed by atoms with Gasteiger partial charge in [-0.3, -0.25) is 0 Å². The van der Waals surface area contributed by atoms with Crippen molar-refractivity contribution in [2.24, 2.45) is 0 Å². The molecule has 0 spiro atoms. The maximum Gasteiger partial charge on any atom is 0.0662 e. The lowest BCUT2D eigenvalue weighted by molar-refractivity contribution is 0.186. The molecule has 0 rings (SSSR count). The van der Waals surface area contributed by atoms with E-state index < -0.39 is 0 Å². The lowest BCUT2D eigenvalue weighted by Crippen LogP contribution is -2.04. The van der Waals surface area contributed by atoms with Crippen molar-refractivity contribution in [2.45, 2.75) is 19.1 Å². The van der Waals surface area contributed by atoms with Crippen LogP contribution in [0.5, 0.6) is 0 Å². The molecule has 0 amide bonds. The molecule has 100 valence electrons. The van der Waals surface area contributed by atoms with Crippen LogP contribution in [-0.4, -0.2) is 46.1 Å². The number of aliphatic hydroxyl groups excluding tert-OH is 3. The fourth-order valence-corrected chi connectivity index (χ4v) is 0.173. The van der Waals surface area contributed by atoms with E-state index in [4.69, 9.17) is 15.3 Å². The molecule has 0 radical (unpaired) electrons. The minimum Gasteiger partial charge on any atom is -0.395 e. The van der Waals surface area contributed by atoms with Gasteiger partial charge < -0.3 is 15.3 Å². The van der Waals surface area contributed by atoms with Gasteiger partial charge in [-0.15, -0.1) is 13.2 Å². The summed E-state index contributed by atoms with van der Waals surface area (Å²) in [6.45, 7) is 10.4. The average molecular weight is 270 g/mol. The SMILES string of the molecule is C=CC.C=CC.OCC(S)CS.OCCO. The van der Waals surface area contributed by atoms with Gasteiger partial charge in [0.1, 0.15) is 0 Å². The largest absolute Gasteiger partial charge is 0.395 e. The number of hydrogen-bond donors (Lipinski definition) is 5. The fraction of sp³-hybridized carbons (Fsp3) is 0.636. The van der Waals surface area contributed by atoms with Crippen LogP contribution in [0.2, 0.25) is 0 Å². The highest BCUT2D eigenvalue weighted by Crippen LogP contribution is 1.93. The Morgan fingerprint density at radius 3 is 1.31 bits per heavy atom. The Hall–Kier alpha value is 0.0600. The third-order valence-corrected chi connectivity index (χ3v) is 1.60. The lowest BCUT2D eigenvalue weighted by atomic mass is 10.5. The zero-order valence-electron chi connectivity index (χ0n) is 10.2. The van der Waals surface area contributed by atoms with E-state index in [1.54, 1.807) is 12.2 Å². The lowest BCUT2D eigenvalue weighted by Gasteiger charge is -1.96. The molecule has 0 heterocycles. The van der Waals surface area contributed by atoms with Crippen LogP contribution in [0.15, 0.2) is 25.3 Å². The van der Waals surface area contributed by atoms with E-state index in [1.165, 1.54) is 0 Å². The summed E-state index contributed by atoms with van der Waals surface area (Å²) >= 11 is 7.76. The fourth-order valence-electron chi connectivity index (χ4n) is 0.0577. The first kappa shape index (κ1) is 25.0. The topological polar surface area (TPSA) is 60.7 Å². The van der Waals surface area contributed by atoms with Crippen molar-refractivity contribution in [2.75, 3.05) is 25.6 Å². The number of thiol groups is 2. The molecule has 0 aromatic rings. The van der Waals surface area contributed by atoms with Crippen LogP contribution in [0.4, 0.5) is 0 Å². The number of allylic oxidation sites excluding steroid dienone is 2. The van der Waals surface area contributed by atoms with Crippen molar-refractivity contribution >= 4 is 25.3 Å². The predicted molar refractivity (Wildman–Crippen MR) is 79.6 cm³/mol. The van der Waals surface area contributed by atoms with Gasteiger partial charge in [-0.2, -0.15) is 25.3 Å². The van der Waals surface area contributed by atoms with Gasteiger partial charge in [-0.1, -0.05) is 12.2 Å². The van der Waals surface area contributed by atoms with Crippen LogP contribution < -0.4 is 0 Å². The summed E-state index contributed by atoms with van der Waals surface area (Å²) in [4.78, 5) is 0. The Labute approximate surface area is 111 Å². The highest BCUT2D eigenvalue weighted by atomic mass is 32.1. The molecule has 3 N–H and O–H groups in total. The van der Waals surface area contributed by atoms with Gasteiger partial charge in [-0.25, -0.2) is 0 Å². The molecule has 0 aromatic carbocycles. The van der Waals surface area contributed by atoms with Crippen molar-refractivity contribution in [1.82, 2.24) is 0 Å². The average Bonchev–Trinajstić information content (AvgIpc) is 2.30. The molecule has 3 nitrogen and oxygen atoms in total. The van der Waals surface area contributed by atoms with Crippen LogP contribution >= 0.6 is 25.3 Å². The smallest absolute Gasteiger partial charge is 0.0662 e. The van der Waals surface area contributed by atoms with E-state index in [-0.39, 0.29) is 25.1 Å². The Balaban J connectivity index is -0.0000000635. The molecule has 0 aliphatic carbocycles. The summed E-state index contributed by atoms with van der Waals surface area (Å²) in [6.07, 6.45) is 3.50. The molecule has 0 aliphatic heterocycles.